The number of nitrogens with zero attached hydrogens (tertiary/aromatic N) is 3. The molecule has 0 aliphatic carbocycles. The molecule has 0 amide bonds. The van der Waals surface area contributed by atoms with Crippen molar-refractivity contribution in [2.24, 2.45) is 0 Å². The third-order valence-electron chi connectivity index (χ3n) is 3.93. The third kappa shape index (κ3) is 4.26. The Morgan fingerprint density at radius 1 is 1.14 bits per heavy atom. The van der Waals surface area contributed by atoms with Crippen molar-refractivity contribution in [1.29, 1.82) is 0 Å². The first-order chi connectivity index (χ1) is 13.0. The maximum absolute atomic E-state index is 12.9. The fourth-order valence-corrected chi connectivity index (χ4v) is 2.98. The molecular weight excluding hydrogens is 422 g/mol. The number of carbonyl (C=O) groups excluding carboxylic acids is 1. The summed E-state index contributed by atoms with van der Waals surface area (Å²) in [5, 5.41) is 10.9. The van der Waals surface area contributed by atoms with Gasteiger partial charge in [0.25, 0.3) is 5.69 Å². The van der Waals surface area contributed by atoms with Gasteiger partial charge in [0.1, 0.15) is 12.2 Å². The van der Waals surface area contributed by atoms with E-state index in [9.17, 15) is 28.1 Å². The van der Waals surface area contributed by atoms with Crippen molar-refractivity contribution < 1.29 is 22.9 Å². The molecule has 0 atom stereocenters. The van der Waals surface area contributed by atoms with Crippen LogP contribution in [0, 0.1) is 10.1 Å². The maximum Gasteiger partial charge on any atom is 0.396 e. The Balaban J connectivity index is 2.02. The molecule has 28 heavy (non-hydrogen) atoms. The van der Waals surface area contributed by atoms with E-state index in [0.29, 0.717) is 0 Å². The first kappa shape index (κ1) is 20.1. The number of nitro groups is 1. The van der Waals surface area contributed by atoms with E-state index in [1.165, 1.54) is 24.3 Å². The Morgan fingerprint density at radius 2 is 1.75 bits per heavy atom. The largest absolute Gasteiger partial charge is 0.396 e. The Bertz CT molecular complexity index is 1080. The highest BCUT2D eigenvalue weighted by Crippen LogP contribution is 2.30. The SMILES string of the molecule is O=C(Cn1c(CC(F)(F)F)nc2cc(Cl)c(Cl)cc21)c1ccc([N+](=O)[O-])cc1. The molecule has 0 aliphatic heterocycles. The molecule has 146 valence electrons. The van der Waals surface area contributed by atoms with Crippen LogP contribution in [0.4, 0.5) is 18.9 Å². The van der Waals surface area contributed by atoms with Crippen molar-refractivity contribution in [3.05, 3.63) is 67.9 Å². The predicted octanol–water partition coefficient (Wildman–Crippen LogP) is 5.24. The molecule has 0 fully saturated rings. The first-order valence-corrected chi connectivity index (χ1v) is 8.49. The lowest BCUT2D eigenvalue weighted by molar-refractivity contribution is -0.384. The minimum absolute atomic E-state index is 0.108. The number of non-ortho nitro benzene ring substituents is 1. The van der Waals surface area contributed by atoms with E-state index in [2.05, 4.69) is 4.98 Å². The van der Waals surface area contributed by atoms with Gasteiger partial charge in [-0.3, -0.25) is 14.9 Å². The summed E-state index contributed by atoms with van der Waals surface area (Å²) in [6, 6.07) is 7.44. The van der Waals surface area contributed by atoms with Crippen molar-refractivity contribution in [1.82, 2.24) is 9.55 Å². The summed E-state index contributed by atoms with van der Waals surface area (Å²) in [4.78, 5) is 26.6. The normalized spacial score (nSPS) is 11.8. The molecule has 11 heteroatoms. The van der Waals surface area contributed by atoms with E-state index < -0.39 is 29.8 Å². The van der Waals surface area contributed by atoms with E-state index in [1.807, 2.05) is 0 Å². The summed E-state index contributed by atoms with van der Waals surface area (Å²) in [6.07, 6.45) is -5.88. The second kappa shape index (κ2) is 7.40. The highest BCUT2D eigenvalue weighted by atomic mass is 35.5. The van der Waals surface area contributed by atoms with Crippen LogP contribution in [-0.4, -0.2) is 26.4 Å². The zero-order valence-corrected chi connectivity index (χ0v) is 15.3. The molecule has 0 aliphatic rings. The lowest BCUT2D eigenvalue weighted by Crippen LogP contribution is -2.19. The van der Waals surface area contributed by atoms with Crippen LogP contribution in [0.5, 0.6) is 0 Å². The fourth-order valence-electron chi connectivity index (χ4n) is 2.66. The lowest BCUT2D eigenvalue weighted by Gasteiger charge is -2.11. The van der Waals surface area contributed by atoms with Gasteiger partial charge in [-0.15, -0.1) is 0 Å². The Kier molecular flexibility index (Phi) is 5.31. The van der Waals surface area contributed by atoms with Crippen LogP contribution < -0.4 is 0 Å². The van der Waals surface area contributed by atoms with Crippen LogP contribution >= 0.6 is 23.2 Å². The molecule has 0 spiro atoms. The van der Waals surface area contributed by atoms with Gasteiger partial charge < -0.3 is 4.57 Å². The second-order valence-corrected chi connectivity index (χ2v) is 6.70. The Morgan fingerprint density at radius 3 is 2.32 bits per heavy atom. The number of rotatable bonds is 5. The van der Waals surface area contributed by atoms with Gasteiger partial charge >= 0.3 is 6.18 Å². The highest BCUT2D eigenvalue weighted by Gasteiger charge is 2.31. The maximum atomic E-state index is 12.9. The molecule has 2 aromatic carbocycles. The monoisotopic (exact) mass is 431 g/mol. The molecule has 0 unspecified atom stereocenters. The van der Waals surface area contributed by atoms with Gasteiger partial charge in [0.15, 0.2) is 5.78 Å². The van der Waals surface area contributed by atoms with Gasteiger partial charge in [-0.05, 0) is 24.3 Å². The van der Waals surface area contributed by atoms with Crippen molar-refractivity contribution in [3.8, 4) is 0 Å². The molecule has 0 bridgehead atoms. The van der Waals surface area contributed by atoms with Crippen LogP contribution in [0.1, 0.15) is 16.2 Å². The fraction of sp³-hybridized carbons (Fsp3) is 0.176. The molecule has 0 saturated heterocycles. The van der Waals surface area contributed by atoms with E-state index in [0.717, 1.165) is 16.7 Å². The molecule has 6 nitrogen and oxygen atoms in total. The average Bonchev–Trinajstić information content (AvgIpc) is 2.90. The van der Waals surface area contributed by atoms with E-state index in [4.69, 9.17) is 23.2 Å². The van der Waals surface area contributed by atoms with Gasteiger partial charge in [0.2, 0.25) is 0 Å². The molecular formula is C17H10Cl2F3N3O3. The van der Waals surface area contributed by atoms with Gasteiger partial charge in [0.05, 0.1) is 32.5 Å². The summed E-state index contributed by atoms with van der Waals surface area (Å²) < 4.78 is 39.9. The van der Waals surface area contributed by atoms with Gasteiger partial charge in [-0.25, -0.2) is 4.98 Å². The molecule has 1 heterocycles. The highest BCUT2D eigenvalue weighted by molar-refractivity contribution is 6.42. The molecule has 3 aromatic rings. The average molecular weight is 432 g/mol. The van der Waals surface area contributed by atoms with Gasteiger partial charge in [-0.2, -0.15) is 13.2 Å². The van der Waals surface area contributed by atoms with Crippen LogP contribution in [-0.2, 0) is 13.0 Å². The topological polar surface area (TPSA) is 78.0 Å². The quantitative estimate of drug-likeness (QED) is 0.314. The second-order valence-electron chi connectivity index (χ2n) is 5.89. The number of carbonyl (C=O) groups is 1. The standard InChI is InChI=1S/C17H10Cl2F3N3O3/c18-11-5-13-14(6-12(11)19)24(16(23-13)7-17(20,21)22)8-15(26)9-1-3-10(4-2-9)25(27)28/h1-6H,7-8H2. The number of hydrogen-bond donors (Lipinski definition) is 0. The number of fused-ring (bicyclic) bond motifs is 1. The summed E-state index contributed by atoms with van der Waals surface area (Å²) >= 11 is 11.9. The predicted molar refractivity (Wildman–Crippen MR) is 96.9 cm³/mol. The first-order valence-electron chi connectivity index (χ1n) is 7.74. The van der Waals surface area contributed by atoms with Crippen LogP contribution in [0.3, 0.4) is 0 Å². The summed E-state index contributed by atoms with van der Waals surface area (Å²) in [5.41, 5.74) is 0.309. The van der Waals surface area contributed by atoms with Crippen LogP contribution in [0.15, 0.2) is 36.4 Å². The number of alkyl halides is 3. The number of halogens is 5. The number of aromatic nitrogens is 2. The number of Topliss-reactive ketones (excluding diaryl/α,β-unsaturated/α-hetero) is 1. The smallest absolute Gasteiger partial charge is 0.320 e. The van der Waals surface area contributed by atoms with Crippen molar-refractivity contribution in [2.75, 3.05) is 0 Å². The number of ketones is 1. The van der Waals surface area contributed by atoms with E-state index >= 15 is 0 Å². The number of imidazole rings is 1. The number of benzene rings is 2. The number of nitro benzene ring substituents is 1. The summed E-state index contributed by atoms with van der Waals surface area (Å²) in [7, 11) is 0. The molecule has 0 radical (unpaired) electrons. The molecule has 1 aromatic heterocycles. The van der Waals surface area contributed by atoms with Gasteiger partial charge in [-0.1, -0.05) is 23.2 Å². The van der Waals surface area contributed by atoms with E-state index in [1.54, 1.807) is 0 Å². The van der Waals surface area contributed by atoms with Crippen molar-refractivity contribution in [2.45, 2.75) is 19.1 Å². The Labute approximate surface area is 165 Å². The molecule has 0 saturated carbocycles. The third-order valence-corrected chi connectivity index (χ3v) is 4.65. The van der Waals surface area contributed by atoms with Crippen molar-refractivity contribution >= 4 is 45.7 Å². The number of hydrogen-bond acceptors (Lipinski definition) is 4. The zero-order valence-electron chi connectivity index (χ0n) is 13.8. The zero-order chi connectivity index (χ0) is 20.6. The van der Waals surface area contributed by atoms with E-state index in [-0.39, 0.29) is 38.2 Å². The molecule has 0 N–H and O–H groups in total. The van der Waals surface area contributed by atoms with Crippen LogP contribution in [0.2, 0.25) is 10.0 Å². The summed E-state index contributed by atoms with van der Waals surface area (Å²) in [5.74, 6) is -0.903. The minimum Gasteiger partial charge on any atom is -0.320 e. The van der Waals surface area contributed by atoms with Crippen molar-refractivity contribution in [3.63, 3.8) is 0 Å². The van der Waals surface area contributed by atoms with Crippen LogP contribution in [0.25, 0.3) is 11.0 Å². The van der Waals surface area contributed by atoms with Gasteiger partial charge in [0, 0.05) is 17.7 Å². The molecule has 3 rings (SSSR count). The summed E-state index contributed by atoms with van der Waals surface area (Å²) in [6.45, 7) is -0.447. The lowest BCUT2D eigenvalue weighted by atomic mass is 10.1. The minimum atomic E-state index is -4.54. The Hall–Kier alpha value is -2.65.